The van der Waals surface area contributed by atoms with E-state index in [9.17, 15) is 14.9 Å². The molecule has 2 aromatic carbocycles. The zero-order chi connectivity index (χ0) is 19.0. The van der Waals surface area contributed by atoms with Crippen molar-refractivity contribution in [1.29, 1.82) is 0 Å². The molecule has 0 radical (unpaired) electrons. The van der Waals surface area contributed by atoms with Crippen molar-refractivity contribution < 1.29 is 19.2 Å². The molecule has 0 spiro atoms. The van der Waals surface area contributed by atoms with E-state index in [0.29, 0.717) is 17.4 Å². The molecule has 0 saturated carbocycles. The SMILES string of the molecule is Cn1c(-c2ccc3c(c2)OCO3)cnc1NC(=O)c1cccc([N+](=O)[O-])c1. The summed E-state index contributed by atoms with van der Waals surface area (Å²) in [6.45, 7) is 0.189. The maximum atomic E-state index is 12.4. The smallest absolute Gasteiger partial charge is 0.270 e. The first-order chi connectivity index (χ1) is 13.0. The second kappa shape index (κ2) is 6.45. The molecule has 0 atom stereocenters. The van der Waals surface area contributed by atoms with E-state index in [1.165, 1.54) is 24.3 Å². The Morgan fingerprint density at radius 2 is 2.04 bits per heavy atom. The second-order valence-electron chi connectivity index (χ2n) is 5.86. The Hall–Kier alpha value is -3.88. The monoisotopic (exact) mass is 366 g/mol. The number of carbonyl (C=O) groups is 1. The Kier molecular flexibility index (Phi) is 3.96. The number of nitro groups is 1. The van der Waals surface area contributed by atoms with E-state index in [4.69, 9.17) is 9.47 Å². The van der Waals surface area contributed by atoms with Gasteiger partial charge in [0.1, 0.15) is 0 Å². The highest BCUT2D eigenvalue weighted by Gasteiger charge is 2.18. The van der Waals surface area contributed by atoms with E-state index in [0.717, 1.165) is 11.3 Å². The lowest BCUT2D eigenvalue weighted by atomic mass is 10.1. The number of imidazole rings is 1. The van der Waals surface area contributed by atoms with Crippen molar-refractivity contribution >= 4 is 17.5 Å². The molecule has 9 nitrogen and oxygen atoms in total. The summed E-state index contributed by atoms with van der Waals surface area (Å²) in [5, 5.41) is 13.5. The summed E-state index contributed by atoms with van der Waals surface area (Å²) in [6.07, 6.45) is 1.63. The molecule has 1 aliphatic rings. The Balaban J connectivity index is 1.58. The van der Waals surface area contributed by atoms with Gasteiger partial charge in [-0.15, -0.1) is 0 Å². The standard InChI is InChI=1S/C18H14N4O5/c1-21-14(11-5-6-15-16(8-11)27-10-26-15)9-19-18(21)20-17(23)12-3-2-4-13(7-12)22(24)25/h2-9H,10H2,1H3,(H,19,20,23). The number of benzene rings is 2. The third kappa shape index (κ3) is 3.06. The molecule has 0 unspecified atom stereocenters. The molecule has 0 fully saturated rings. The van der Waals surface area contributed by atoms with Gasteiger partial charge in [0.25, 0.3) is 11.6 Å². The van der Waals surface area contributed by atoms with Gasteiger partial charge in [0.2, 0.25) is 12.7 Å². The van der Waals surface area contributed by atoms with E-state index in [1.54, 1.807) is 17.8 Å². The van der Waals surface area contributed by atoms with Gasteiger partial charge in [-0.3, -0.25) is 20.2 Å². The molecule has 0 saturated heterocycles. The molecule has 1 aromatic heterocycles. The van der Waals surface area contributed by atoms with Gasteiger partial charge in [-0.2, -0.15) is 0 Å². The zero-order valence-electron chi connectivity index (χ0n) is 14.2. The third-order valence-corrected chi connectivity index (χ3v) is 4.20. The number of non-ortho nitro benzene ring substituents is 1. The lowest BCUT2D eigenvalue weighted by Gasteiger charge is -2.08. The zero-order valence-corrected chi connectivity index (χ0v) is 14.2. The maximum Gasteiger partial charge on any atom is 0.270 e. The fourth-order valence-corrected chi connectivity index (χ4v) is 2.78. The number of nitro benzene ring substituents is 1. The largest absolute Gasteiger partial charge is 0.454 e. The molecule has 1 N–H and O–H groups in total. The van der Waals surface area contributed by atoms with E-state index in [2.05, 4.69) is 10.3 Å². The molecular formula is C18H14N4O5. The van der Waals surface area contributed by atoms with Gasteiger partial charge in [0.15, 0.2) is 11.5 Å². The summed E-state index contributed by atoms with van der Waals surface area (Å²) >= 11 is 0. The fourth-order valence-electron chi connectivity index (χ4n) is 2.78. The van der Waals surface area contributed by atoms with Crippen molar-refractivity contribution in [3.63, 3.8) is 0 Å². The molecule has 9 heteroatoms. The number of anilines is 1. The van der Waals surface area contributed by atoms with E-state index in [-0.39, 0.29) is 18.0 Å². The minimum absolute atomic E-state index is 0.150. The summed E-state index contributed by atoms with van der Waals surface area (Å²) in [6, 6.07) is 11.0. The summed E-state index contributed by atoms with van der Waals surface area (Å²) in [7, 11) is 1.76. The summed E-state index contributed by atoms with van der Waals surface area (Å²) in [5.41, 5.74) is 1.65. The molecule has 3 aromatic rings. The molecule has 2 heterocycles. The highest BCUT2D eigenvalue weighted by Crippen LogP contribution is 2.36. The van der Waals surface area contributed by atoms with Crippen molar-refractivity contribution in [3.8, 4) is 22.8 Å². The van der Waals surface area contributed by atoms with E-state index < -0.39 is 10.8 Å². The van der Waals surface area contributed by atoms with Gasteiger partial charge in [-0.25, -0.2) is 4.98 Å². The van der Waals surface area contributed by atoms with Crippen LogP contribution in [-0.2, 0) is 7.05 Å². The van der Waals surface area contributed by atoms with Crippen LogP contribution in [0.25, 0.3) is 11.3 Å². The minimum atomic E-state index is -0.546. The van der Waals surface area contributed by atoms with Crippen LogP contribution in [-0.4, -0.2) is 27.2 Å². The number of carbonyl (C=O) groups excluding carboxylic acids is 1. The van der Waals surface area contributed by atoms with Gasteiger partial charge in [0.05, 0.1) is 16.8 Å². The van der Waals surface area contributed by atoms with Gasteiger partial charge < -0.3 is 14.0 Å². The molecule has 0 bridgehead atoms. The summed E-state index contributed by atoms with van der Waals surface area (Å²) in [4.78, 5) is 27.0. The van der Waals surface area contributed by atoms with Crippen LogP contribution in [0.4, 0.5) is 11.6 Å². The second-order valence-corrected chi connectivity index (χ2v) is 5.86. The highest BCUT2D eigenvalue weighted by molar-refractivity contribution is 6.03. The first kappa shape index (κ1) is 16.6. The quantitative estimate of drug-likeness (QED) is 0.562. The van der Waals surface area contributed by atoms with Gasteiger partial charge >= 0.3 is 0 Å². The Labute approximate surface area is 153 Å². The van der Waals surface area contributed by atoms with Crippen LogP contribution in [0.2, 0.25) is 0 Å². The van der Waals surface area contributed by atoms with Crippen molar-refractivity contribution in [3.05, 3.63) is 64.3 Å². The van der Waals surface area contributed by atoms with E-state index >= 15 is 0 Å². The van der Waals surface area contributed by atoms with Crippen molar-refractivity contribution in [1.82, 2.24) is 9.55 Å². The Bertz CT molecular complexity index is 1060. The summed E-state index contributed by atoms with van der Waals surface area (Å²) < 4.78 is 12.4. The highest BCUT2D eigenvalue weighted by atomic mass is 16.7. The predicted octanol–water partition coefficient (Wildman–Crippen LogP) is 2.98. The lowest BCUT2D eigenvalue weighted by Crippen LogP contribution is -2.15. The van der Waals surface area contributed by atoms with Crippen molar-refractivity contribution in [2.24, 2.45) is 7.05 Å². The molecule has 0 aliphatic carbocycles. The number of rotatable bonds is 4. The lowest BCUT2D eigenvalue weighted by molar-refractivity contribution is -0.384. The van der Waals surface area contributed by atoms with Crippen LogP contribution in [0, 0.1) is 10.1 Å². The van der Waals surface area contributed by atoms with Crippen LogP contribution in [0.5, 0.6) is 11.5 Å². The van der Waals surface area contributed by atoms with Crippen LogP contribution < -0.4 is 14.8 Å². The Morgan fingerprint density at radius 1 is 1.22 bits per heavy atom. The van der Waals surface area contributed by atoms with Gasteiger partial charge in [-0.1, -0.05) is 6.07 Å². The molecule has 27 heavy (non-hydrogen) atoms. The van der Waals surface area contributed by atoms with Crippen LogP contribution in [0.3, 0.4) is 0 Å². The number of amides is 1. The summed E-state index contributed by atoms with van der Waals surface area (Å²) in [5.74, 6) is 1.17. The molecule has 4 rings (SSSR count). The first-order valence-electron chi connectivity index (χ1n) is 8.00. The number of aromatic nitrogens is 2. The number of nitrogens with one attached hydrogen (secondary N) is 1. The molecule has 136 valence electrons. The van der Waals surface area contributed by atoms with Crippen molar-refractivity contribution in [2.45, 2.75) is 0 Å². The van der Waals surface area contributed by atoms with Crippen LogP contribution >= 0.6 is 0 Å². The topological polar surface area (TPSA) is 109 Å². The van der Waals surface area contributed by atoms with Gasteiger partial charge in [0, 0.05) is 30.3 Å². The normalized spacial score (nSPS) is 12.0. The third-order valence-electron chi connectivity index (χ3n) is 4.20. The van der Waals surface area contributed by atoms with E-state index in [1.807, 2.05) is 18.2 Å². The number of hydrogen-bond acceptors (Lipinski definition) is 6. The maximum absolute atomic E-state index is 12.4. The number of ether oxygens (including phenoxy) is 2. The fraction of sp³-hybridized carbons (Fsp3) is 0.111. The van der Waals surface area contributed by atoms with Crippen LogP contribution in [0.1, 0.15) is 10.4 Å². The first-order valence-corrected chi connectivity index (χ1v) is 8.00. The minimum Gasteiger partial charge on any atom is -0.454 e. The number of nitrogens with zero attached hydrogens (tertiary/aromatic N) is 3. The van der Waals surface area contributed by atoms with Crippen LogP contribution in [0.15, 0.2) is 48.7 Å². The average molecular weight is 366 g/mol. The predicted molar refractivity (Wildman–Crippen MR) is 95.8 cm³/mol. The number of hydrogen-bond donors (Lipinski definition) is 1. The molecule has 1 aliphatic heterocycles. The molecule has 1 amide bonds. The molecular weight excluding hydrogens is 352 g/mol. The van der Waals surface area contributed by atoms with Gasteiger partial charge in [-0.05, 0) is 24.3 Å². The average Bonchev–Trinajstić information content (AvgIpc) is 3.28. The Morgan fingerprint density at radius 3 is 2.85 bits per heavy atom. The van der Waals surface area contributed by atoms with Crippen molar-refractivity contribution in [2.75, 3.05) is 12.1 Å². The number of fused-ring (bicyclic) bond motifs is 1.